The molecule has 10 heteroatoms. The molecule has 0 spiro atoms. The molecule has 1 fully saturated rings. The number of ether oxygens (including phenoxy) is 1. The Labute approximate surface area is 204 Å². The molecule has 1 saturated carbocycles. The van der Waals surface area contributed by atoms with Crippen LogP contribution < -0.4 is 16.0 Å². The highest BCUT2D eigenvalue weighted by Crippen LogP contribution is 2.29. The summed E-state index contributed by atoms with van der Waals surface area (Å²) in [5, 5.41) is 10.1. The molecule has 34 heavy (non-hydrogen) atoms. The van der Waals surface area contributed by atoms with E-state index < -0.39 is 17.8 Å². The number of carbonyl (C=O) groups is 4. The van der Waals surface area contributed by atoms with Crippen molar-refractivity contribution in [3.05, 3.63) is 40.6 Å². The number of methoxy groups -OCH3 is 1. The molecule has 2 atom stereocenters. The van der Waals surface area contributed by atoms with Crippen molar-refractivity contribution < 1.29 is 23.9 Å². The van der Waals surface area contributed by atoms with Crippen LogP contribution in [-0.2, 0) is 25.5 Å². The van der Waals surface area contributed by atoms with E-state index in [9.17, 15) is 19.2 Å². The van der Waals surface area contributed by atoms with Gasteiger partial charge in [-0.25, -0.2) is 9.78 Å². The van der Waals surface area contributed by atoms with E-state index in [1.165, 1.54) is 11.3 Å². The van der Waals surface area contributed by atoms with Crippen molar-refractivity contribution in [3.63, 3.8) is 0 Å². The molecule has 3 amide bonds. The molecule has 0 aliphatic heterocycles. The van der Waals surface area contributed by atoms with Gasteiger partial charge in [0.05, 0.1) is 17.8 Å². The minimum atomic E-state index is -0.793. The Morgan fingerprint density at radius 2 is 1.82 bits per heavy atom. The van der Waals surface area contributed by atoms with Gasteiger partial charge in [-0.1, -0.05) is 39.3 Å². The molecule has 0 bridgehead atoms. The quantitative estimate of drug-likeness (QED) is 0.342. The van der Waals surface area contributed by atoms with Crippen molar-refractivity contribution >= 4 is 35.0 Å². The van der Waals surface area contributed by atoms with Gasteiger partial charge in [-0.3, -0.25) is 14.4 Å². The minimum Gasteiger partial charge on any atom is -0.464 e. The van der Waals surface area contributed by atoms with Gasteiger partial charge in [-0.2, -0.15) is 0 Å². The lowest BCUT2D eigenvalue weighted by Crippen LogP contribution is -2.35. The number of carbonyl (C=O) groups excluding carboxylic acids is 4. The number of amides is 3. The molecule has 1 heterocycles. The fraction of sp³-hybridized carbons (Fsp3) is 0.542. The maximum atomic E-state index is 12.5. The molecule has 3 N–H and O–H groups in total. The van der Waals surface area contributed by atoms with Gasteiger partial charge in [0.15, 0.2) is 0 Å². The van der Waals surface area contributed by atoms with Gasteiger partial charge in [-0.15, -0.1) is 11.3 Å². The molecular formula is C24H34N4O5S. The summed E-state index contributed by atoms with van der Waals surface area (Å²) < 4.78 is 4.46. The largest absolute Gasteiger partial charge is 0.464 e. The van der Waals surface area contributed by atoms with Gasteiger partial charge in [0.2, 0.25) is 5.91 Å². The van der Waals surface area contributed by atoms with Crippen LogP contribution in [0.25, 0.3) is 0 Å². The number of nitrogens with one attached hydrogen (secondary N) is 3. The number of hydrogen-bond acceptors (Lipinski definition) is 7. The van der Waals surface area contributed by atoms with Crippen molar-refractivity contribution in [1.82, 2.24) is 20.9 Å². The summed E-state index contributed by atoms with van der Waals surface area (Å²) in [5.74, 6) is -1.48. The average Bonchev–Trinajstić information content (AvgIpc) is 3.27. The standard InChI is InChI=1S/C24H34N4O5S/c1-5-12-25-22(30)18-9-7-6-8-17(10-11-18)13-20-28-19(14-34-20)23(31)26-15(2)21(29)27-16(3)24(32)33-4/h14,17-18H,2-3,5-13H2,1,4H3,(H,25,30)(H,26,31)(H,27,29). The van der Waals surface area contributed by atoms with Crippen molar-refractivity contribution in [2.45, 2.75) is 58.3 Å². The Morgan fingerprint density at radius 3 is 2.53 bits per heavy atom. The molecule has 186 valence electrons. The third-order valence-corrected chi connectivity index (χ3v) is 6.61. The smallest absolute Gasteiger partial charge is 0.353 e. The fourth-order valence-electron chi connectivity index (χ4n) is 3.81. The van der Waals surface area contributed by atoms with E-state index in [2.05, 4.69) is 38.8 Å². The van der Waals surface area contributed by atoms with Gasteiger partial charge < -0.3 is 20.7 Å². The molecular weight excluding hydrogens is 456 g/mol. The van der Waals surface area contributed by atoms with E-state index in [4.69, 9.17) is 0 Å². The number of esters is 1. The van der Waals surface area contributed by atoms with Gasteiger partial charge in [-0.05, 0) is 31.6 Å². The third kappa shape index (κ3) is 8.40. The summed E-state index contributed by atoms with van der Waals surface area (Å²) in [6, 6.07) is 0. The molecule has 1 aromatic rings. The maximum Gasteiger partial charge on any atom is 0.353 e. The highest BCUT2D eigenvalue weighted by atomic mass is 32.1. The summed E-state index contributed by atoms with van der Waals surface area (Å²) >= 11 is 1.40. The van der Waals surface area contributed by atoms with Crippen LogP contribution >= 0.6 is 11.3 Å². The lowest BCUT2D eigenvalue weighted by atomic mass is 9.83. The summed E-state index contributed by atoms with van der Waals surface area (Å²) in [5.41, 5.74) is -0.302. The molecule has 9 nitrogen and oxygen atoms in total. The Balaban J connectivity index is 1.88. The van der Waals surface area contributed by atoms with E-state index in [0.29, 0.717) is 5.92 Å². The number of thiazole rings is 1. The number of aromatic nitrogens is 1. The van der Waals surface area contributed by atoms with Gasteiger partial charge in [0.1, 0.15) is 11.4 Å². The molecule has 2 unspecified atom stereocenters. The van der Waals surface area contributed by atoms with Crippen LogP contribution in [-0.4, -0.2) is 42.3 Å². The Hall–Kier alpha value is -3.01. The fourth-order valence-corrected chi connectivity index (χ4v) is 4.70. The first-order valence-corrected chi connectivity index (χ1v) is 12.4. The molecule has 1 aliphatic carbocycles. The second-order valence-electron chi connectivity index (χ2n) is 8.40. The van der Waals surface area contributed by atoms with Crippen LogP contribution in [0.4, 0.5) is 0 Å². The van der Waals surface area contributed by atoms with Crippen LogP contribution in [0.5, 0.6) is 0 Å². The van der Waals surface area contributed by atoms with Crippen LogP contribution in [0, 0.1) is 11.8 Å². The molecule has 1 aromatic heterocycles. The minimum absolute atomic E-state index is 0.0689. The van der Waals surface area contributed by atoms with E-state index in [1.807, 2.05) is 6.92 Å². The Bertz CT molecular complexity index is 926. The van der Waals surface area contributed by atoms with E-state index in [-0.39, 0.29) is 28.9 Å². The van der Waals surface area contributed by atoms with Gasteiger partial charge >= 0.3 is 5.97 Å². The summed E-state index contributed by atoms with van der Waals surface area (Å²) in [6.07, 6.45) is 7.63. The third-order valence-electron chi connectivity index (χ3n) is 5.74. The second kappa shape index (κ2) is 13.6. The first-order chi connectivity index (χ1) is 16.2. The molecule has 2 rings (SSSR count). The van der Waals surface area contributed by atoms with Gasteiger partial charge in [0.25, 0.3) is 11.8 Å². The normalized spacial score (nSPS) is 18.1. The lowest BCUT2D eigenvalue weighted by molar-refractivity contribution is -0.137. The summed E-state index contributed by atoms with van der Waals surface area (Å²) in [7, 11) is 1.16. The predicted molar refractivity (Wildman–Crippen MR) is 130 cm³/mol. The van der Waals surface area contributed by atoms with Crippen LogP contribution in [0.1, 0.15) is 67.4 Å². The first-order valence-electron chi connectivity index (χ1n) is 11.6. The lowest BCUT2D eigenvalue weighted by Gasteiger charge is -2.24. The van der Waals surface area contributed by atoms with E-state index >= 15 is 0 Å². The summed E-state index contributed by atoms with van der Waals surface area (Å²) in [6.45, 7) is 9.68. The zero-order valence-electron chi connectivity index (χ0n) is 19.9. The van der Waals surface area contributed by atoms with E-state index in [0.717, 1.165) is 70.0 Å². The molecule has 0 saturated heterocycles. The van der Waals surface area contributed by atoms with Gasteiger partial charge in [0, 0.05) is 24.3 Å². The number of hydrogen-bond donors (Lipinski definition) is 3. The molecule has 0 radical (unpaired) electrons. The number of nitrogens with zero attached hydrogens (tertiary/aromatic N) is 1. The first kappa shape index (κ1) is 27.2. The van der Waals surface area contributed by atoms with Crippen molar-refractivity contribution in [3.8, 4) is 0 Å². The Kier molecular flexibility index (Phi) is 10.9. The van der Waals surface area contributed by atoms with Crippen LogP contribution in [0.2, 0.25) is 0 Å². The monoisotopic (exact) mass is 490 g/mol. The number of rotatable bonds is 10. The highest BCUT2D eigenvalue weighted by Gasteiger charge is 2.24. The van der Waals surface area contributed by atoms with Crippen molar-refractivity contribution in [1.29, 1.82) is 0 Å². The highest BCUT2D eigenvalue weighted by molar-refractivity contribution is 7.09. The molecule has 0 aromatic carbocycles. The van der Waals surface area contributed by atoms with E-state index in [1.54, 1.807) is 5.38 Å². The average molecular weight is 491 g/mol. The molecule has 1 aliphatic rings. The zero-order chi connectivity index (χ0) is 25.1. The summed E-state index contributed by atoms with van der Waals surface area (Å²) in [4.78, 5) is 52.7. The van der Waals surface area contributed by atoms with Crippen LogP contribution in [0.15, 0.2) is 29.9 Å². The second-order valence-corrected chi connectivity index (χ2v) is 9.35. The SMILES string of the molecule is C=C(NC(=O)c1csc(CC2CCCCC(C(=O)NCCC)CC2)n1)C(=O)NC(=C)C(=O)OC. The topological polar surface area (TPSA) is 126 Å². The maximum absolute atomic E-state index is 12.5. The van der Waals surface area contributed by atoms with Crippen molar-refractivity contribution in [2.75, 3.05) is 13.7 Å². The zero-order valence-corrected chi connectivity index (χ0v) is 20.7. The van der Waals surface area contributed by atoms with Crippen molar-refractivity contribution in [2.24, 2.45) is 11.8 Å². The van der Waals surface area contributed by atoms with Crippen LogP contribution in [0.3, 0.4) is 0 Å². The predicted octanol–water partition coefficient (Wildman–Crippen LogP) is 2.84. The Morgan fingerprint density at radius 1 is 1.09 bits per heavy atom.